The van der Waals surface area contributed by atoms with E-state index < -0.39 is 11.6 Å². The van der Waals surface area contributed by atoms with E-state index in [0.717, 1.165) is 10.8 Å². The Labute approximate surface area is 139 Å². The van der Waals surface area contributed by atoms with Crippen LogP contribution in [0.15, 0.2) is 48.8 Å². The number of halogens is 1. The van der Waals surface area contributed by atoms with Crippen LogP contribution in [-0.2, 0) is 0 Å². The molecule has 1 heterocycles. The summed E-state index contributed by atoms with van der Waals surface area (Å²) in [6, 6.07) is 9.54. The van der Waals surface area contributed by atoms with Crippen LogP contribution in [0.2, 0.25) is 0 Å². The molecule has 1 unspecified atom stereocenters. The van der Waals surface area contributed by atoms with Gasteiger partial charge in [-0.3, -0.25) is 9.78 Å². The summed E-state index contributed by atoms with van der Waals surface area (Å²) in [6.45, 7) is 1.74. The van der Waals surface area contributed by atoms with E-state index in [9.17, 15) is 9.18 Å². The number of fused-ring (bicyclic) bond motifs is 1. The molecular formula is C19H17FN2O2. The first-order chi connectivity index (χ1) is 11.5. The van der Waals surface area contributed by atoms with E-state index >= 15 is 0 Å². The molecule has 3 aromatic rings. The largest absolute Gasteiger partial charge is 0.496 e. The lowest BCUT2D eigenvalue weighted by Gasteiger charge is -2.14. The zero-order chi connectivity index (χ0) is 17.3. The third-order valence-corrected chi connectivity index (χ3v) is 3.97. The standard InChI is InChI=1S/C19H17FN2O2/c1-11(21)13-8-16(20)18(17(9-13)24-2)19(23)15-5-3-4-12-10-22-7-6-14(12)15/h3-11H,21H2,1-2H3. The average molecular weight is 324 g/mol. The Morgan fingerprint density at radius 2 is 2.08 bits per heavy atom. The monoisotopic (exact) mass is 324 g/mol. The number of hydrogen-bond donors (Lipinski definition) is 1. The SMILES string of the molecule is COc1cc(C(C)N)cc(F)c1C(=O)c1cccc2cnccc12. The summed E-state index contributed by atoms with van der Waals surface area (Å²) in [4.78, 5) is 17.0. The summed E-state index contributed by atoms with van der Waals surface area (Å²) in [7, 11) is 1.41. The van der Waals surface area contributed by atoms with Gasteiger partial charge in [-0.1, -0.05) is 18.2 Å². The van der Waals surface area contributed by atoms with Gasteiger partial charge >= 0.3 is 0 Å². The van der Waals surface area contributed by atoms with Crippen LogP contribution >= 0.6 is 0 Å². The normalized spacial score (nSPS) is 12.2. The molecule has 122 valence electrons. The van der Waals surface area contributed by atoms with E-state index in [2.05, 4.69) is 4.98 Å². The lowest BCUT2D eigenvalue weighted by Crippen LogP contribution is -2.11. The first-order valence-corrected chi connectivity index (χ1v) is 7.53. The number of ether oxygens (including phenoxy) is 1. The first kappa shape index (κ1) is 16.1. The second kappa shape index (κ2) is 6.37. The Morgan fingerprint density at radius 3 is 2.79 bits per heavy atom. The Balaban J connectivity index is 2.19. The van der Waals surface area contributed by atoms with Gasteiger partial charge in [0.05, 0.1) is 7.11 Å². The molecule has 2 aromatic carbocycles. The van der Waals surface area contributed by atoms with Crippen molar-refractivity contribution in [3.63, 3.8) is 0 Å². The number of methoxy groups -OCH3 is 1. The van der Waals surface area contributed by atoms with E-state index in [4.69, 9.17) is 10.5 Å². The van der Waals surface area contributed by atoms with Crippen LogP contribution in [0.3, 0.4) is 0 Å². The number of nitrogens with zero attached hydrogens (tertiary/aromatic N) is 1. The van der Waals surface area contributed by atoms with Gasteiger partial charge in [0.2, 0.25) is 0 Å². The van der Waals surface area contributed by atoms with Crippen LogP contribution in [0.4, 0.5) is 4.39 Å². The van der Waals surface area contributed by atoms with Crippen molar-refractivity contribution in [2.45, 2.75) is 13.0 Å². The molecule has 0 aliphatic carbocycles. The van der Waals surface area contributed by atoms with E-state index in [1.54, 1.807) is 43.6 Å². The number of rotatable bonds is 4. The molecule has 1 atom stereocenters. The van der Waals surface area contributed by atoms with Gasteiger partial charge in [0.25, 0.3) is 0 Å². The highest BCUT2D eigenvalue weighted by Crippen LogP contribution is 2.30. The molecule has 0 aliphatic rings. The Hall–Kier alpha value is -2.79. The molecule has 0 radical (unpaired) electrons. The quantitative estimate of drug-likeness (QED) is 0.744. The lowest BCUT2D eigenvalue weighted by atomic mass is 9.95. The molecular weight excluding hydrogens is 307 g/mol. The molecule has 24 heavy (non-hydrogen) atoms. The van der Waals surface area contributed by atoms with Crippen molar-refractivity contribution in [1.29, 1.82) is 0 Å². The maximum atomic E-state index is 14.6. The van der Waals surface area contributed by atoms with E-state index in [0.29, 0.717) is 11.1 Å². The molecule has 0 amide bonds. The highest BCUT2D eigenvalue weighted by Gasteiger charge is 2.22. The Bertz CT molecular complexity index is 917. The summed E-state index contributed by atoms with van der Waals surface area (Å²) >= 11 is 0. The van der Waals surface area contributed by atoms with Crippen LogP contribution in [0.1, 0.15) is 34.5 Å². The van der Waals surface area contributed by atoms with Crippen LogP contribution in [0.5, 0.6) is 5.75 Å². The highest BCUT2D eigenvalue weighted by atomic mass is 19.1. The summed E-state index contributed by atoms with van der Waals surface area (Å²) in [5.74, 6) is -0.895. The van der Waals surface area contributed by atoms with Gasteiger partial charge in [-0.15, -0.1) is 0 Å². The van der Waals surface area contributed by atoms with E-state index in [1.807, 2.05) is 6.07 Å². The highest BCUT2D eigenvalue weighted by molar-refractivity contribution is 6.17. The minimum Gasteiger partial charge on any atom is -0.496 e. The third-order valence-electron chi connectivity index (χ3n) is 3.97. The van der Waals surface area contributed by atoms with Gasteiger partial charge in [-0.25, -0.2) is 4.39 Å². The minimum absolute atomic E-state index is 0.0915. The van der Waals surface area contributed by atoms with Gasteiger partial charge in [-0.2, -0.15) is 0 Å². The van der Waals surface area contributed by atoms with Gasteiger partial charge in [0, 0.05) is 29.4 Å². The fourth-order valence-corrected chi connectivity index (χ4v) is 2.70. The molecule has 2 N–H and O–H groups in total. The van der Waals surface area contributed by atoms with E-state index in [-0.39, 0.29) is 17.4 Å². The van der Waals surface area contributed by atoms with Crippen molar-refractivity contribution in [3.05, 3.63) is 71.3 Å². The summed E-state index contributed by atoms with van der Waals surface area (Å²) in [5.41, 5.74) is 6.69. The molecule has 1 aromatic heterocycles. The van der Waals surface area contributed by atoms with Crippen molar-refractivity contribution in [1.82, 2.24) is 4.98 Å². The van der Waals surface area contributed by atoms with Crippen molar-refractivity contribution in [3.8, 4) is 5.75 Å². The third kappa shape index (κ3) is 2.74. The lowest BCUT2D eigenvalue weighted by molar-refractivity contribution is 0.103. The zero-order valence-electron chi connectivity index (χ0n) is 13.4. The first-order valence-electron chi connectivity index (χ1n) is 7.53. The molecule has 5 heteroatoms. The van der Waals surface area contributed by atoms with Crippen molar-refractivity contribution in [2.75, 3.05) is 7.11 Å². The van der Waals surface area contributed by atoms with Gasteiger partial charge in [-0.05, 0) is 36.1 Å². The van der Waals surface area contributed by atoms with Crippen molar-refractivity contribution < 1.29 is 13.9 Å². The Morgan fingerprint density at radius 1 is 1.29 bits per heavy atom. The second-order valence-electron chi connectivity index (χ2n) is 5.60. The fraction of sp³-hybridized carbons (Fsp3) is 0.158. The maximum absolute atomic E-state index is 14.6. The predicted octanol–water partition coefficient (Wildman–Crippen LogP) is 3.63. The number of hydrogen-bond acceptors (Lipinski definition) is 4. The predicted molar refractivity (Wildman–Crippen MR) is 90.7 cm³/mol. The fourth-order valence-electron chi connectivity index (χ4n) is 2.70. The zero-order valence-corrected chi connectivity index (χ0v) is 13.4. The molecule has 0 spiro atoms. The molecule has 0 saturated heterocycles. The average Bonchev–Trinajstić information content (AvgIpc) is 2.59. The van der Waals surface area contributed by atoms with Crippen LogP contribution < -0.4 is 10.5 Å². The number of benzene rings is 2. The summed E-state index contributed by atoms with van der Waals surface area (Å²) in [5, 5.41) is 1.53. The number of aromatic nitrogens is 1. The smallest absolute Gasteiger partial charge is 0.200 e. The van der Waals surface area contributed by atoms with Crippen molar-refractivity contribution in [2.24, 2.45) is 5.73 Å². The summed E-state index contributed by atoms with van der Waals surface area (Å²) in [6.07, 6.45) is 3.27. The van der Waals surface area contributed by atoms with E-state index in [1.165, 1.54) is 13.2 Å². The van der Waals surface area contributed by atoms with Gasteiger partial charge in [0.1, 0.15) is 17.1 Å². The number of pyridine rings is 1. The molecule has 3 rings (SSSR count). The topological polar surface area (TPSA) is 65.2 Å². The number of carbonyl (C=O) groups is 1. The maximum Gasteiger partial charge on any atom is 0.200 e. The van der Waals surface area contributed by atoms with Gasteiger partial charge < -0.3 is 10.5 Å². The second-order valence-corrected chi connectivity index (χ2v) is 5.60. The molecule has 0 saturated carbocycles. The minimum atomic E-state index is -0.641. The number of ketones is 1. The summed E-state index contributed by atoms with van der Waals surface area (Å²) < 4.78 is 19.9. The molecule has 0 bridgehead atoms. The molecule has 0 fully saturated rings. The van der Waals surface area contributed by atoms with Crippen LogP contribution in [-0.4, -0.2) is 17.9 Å². The van der Waals surface area contributed by atoms with Crippen LogP contribution in [0.25, 0.3) is 10.8 Å². The Kier molecular flexibility index (Phi) is 4.27. The number of carbonyl (C=O) groups excluding carboxylic acids is 1. The van der Waals surface area contributed by atoms with Gasteiger partial charge in [0.15, 0.2) is 5.78 Å². The van der Waals surface area contributed by atoms with Crippen molar-refractivity contribution >= 4 is 16.6 Å². The van der Waals surface area contributed by atoms with Crippen LogP contribution in [0, 0.1) is 5.82 Å². The molecule has 0 aliphatic heterocycles. The number of nitrogens with two attached hydrogens (primary N) is 1. The molecule has 4 nitrogen and oxygen atoms in total.